The van der Waals surface area contributed by atoms with E-state index < -0.39 is 18.1 Å². The Hall–Kier alpha value is -5.47. The number of hydrogen-bond acceptors (Lipinski definition) is 6. The number of unbranched alkanes of at least 4 members (excludes halogenated alkanes) is 1. The Bertz CT molecular complexity index is 1700. The van der Waals surface area contributed by atoms with Gasteiger partial charge in [-0.25, -0.2) is 0 Å². The average molecular weight is 717 g/mol. The molecule has 4 aromatic rings. The number of amides is 2. The van der Waals surface area contributed by atoms with Crippen LogP contribution in [0.3, 0.4) is 0 Å². The van der Waals surface area contributed by atoms with E-state index in [1.165, 1.54) is 0 Å². The largest absolute Gasteiger partial charge is 0.489 e. The van der Waals surface area contributed by atoms with Crippen molar-refractivity contribution in [3.63, 3.8) is 0 Å². The highest BCUT2D eigenvalue weighted by atomic mass is 16.5. The Morgan fingerprint density at radius 2 is 1.36 bits per heavy atom. The second-order valence-electron chi connectivity index (χ2n) is 13.2. The molecule has 0 unspecified atom stereocenters. The predicted molar refractivity (Wildman–Crippen MR) is 209 cm³/mol. The second kappa shape index (κ2) is 22.5. The number of rotatable bonds is 23. The number of aliphatic hydroxyl groups is 1. The fourth-order valence-corrected chi connectivity index (χ4v) is 6.08. The molecule has 0 aromatic heterocycles. The summed E-state index contributed by atoms with van der Waals surface area (Å²) < 4.78 is 12.0. The zero-order valence-electron chi connectivity index (χ0n) is 30.4. The van der Waals surface area contributed by atoms with Gasteiger partial charge in [0.25, 0.3) is 0 Å². The van der Waals surface area contributed by atoms with Gasteiger partial charge >= 0.3 is 5.97 Å². The second-order valence-corrected chi connectivity index (χ2v) is 13.2. The van der Waals surface area contributed by atoms with Gasteiger partial charge < -0.3 is 25.2 Å². The quantitative estimate of drug-likeness (QED) is 0.0417. The third-order valence-corrected chi connectivity index (χ3v) is 9.00. The summed E-state index contributed by atoms with van der Waals surface area (Å²) in [5.74, 6) is -1.38. The molecule has 53 heavy (non-hydrogen) atoms. The maximum atomic E-state index is 13.7. The van der Waals surface area contributed by atoms with Crippen molar-refractivity contribution >= 4 is 17.8 Å². The molecule has 0 heterocycles. The summed E-state index contributed by atoms with van der Waals surface area (Å²) in [7, 11) is 0. The highest BCUT2D eigenvalue weighted by molar-refractivity contribution is 5.86. The summed E-state index contributed by atoms with van der Waals surface area (Å²) in [5.41, 5.74) is 3.80. The van der Waals surface area contributed by atoms with Crippen LogP contribution in [0.2, 0.25) is 0 Å². The zero-order chi connectivity index (χ0) is 37.7. The summed E-state index contributed by atoms with van der Waals surface area (Å²) in [5, 5.41) is 15.9. The van der Waals surface area contributed by atoms with E-state index in [0.29, 0.717) is 25.9 Å². The van der Waals surface area contributed by atoms with Gasteiger partial charge in [0, 0.05) is 6.42 Å². The van der Waals surface area contributed by atoms with Crippen molar-refractivity contribution in [2.24, 2.45) is 11.8 Å². The lowest BCUT2D eigenvalue weighted by atomic mass is 9.94. The van der Waals surface area contributed by atoms with Gasteiger partial charge in [-0.15, -0.1) is 13.2 Å². The van der Waals surface area contributed by atoms with Gasteiger partial charge in [0.2, 0.25) is 11.8 Å². The van der Waals surface area contributed by atoms with Crippen LogP contribution < -0.4 is 15.4 Å². The number of ether oxygens (including phenoxy) is 2. The SMILES string of the molecule is C=CCCC[C@H](Cc1ccccc1)C(=O)O[C@@H](CNC(=O)[C@H](CC=C)CC(=O)N[C@H](CO)Cc1ccc(OCc2ccccc2)cc1)c1ccccc1. The minimum Gasteiger partial charge on any atom is -0.489 e. The van der Waals surface area contributed by atoms with E-state index in [2.05, 4.69) is 23.8 Å². The first-order valence-corrected chi connectivity index (χ1v) is 18.3. The molecule has 278 valence electrons. The Labute approximate surface area is 313 Å². The Kier molecular flexibility index (Phi) is 17.1. The van der Waals surface area contributed by atoms with Crippen molar-refractivity contribution < 1.29 is 29.0 Å². The van der Waals surface area contributed by atoms with Gasteiger partial charge in [0.1, 0.15) is 18.5 Å². The van der Waals surface area contributed by atoms with Crippen molar-refractivity contribution in [2.75, 3.05) is 13.2 Å². The van der Waals surface area contributed by atoms with Gasteiger partial charge in [0.05, 0.1) is 31.0 Å². The van der Waals surface area contributed by atoms with Crippen LogP contribution in [-0.2, 0) is 38.6 Å². The van der Waals surface area contributed by atoms with Gasteiger partial charge in [-0.3, -0.25) is 14.4 Å². The monoisotopic (exact) mass is 716 g/mol. The smallest absolute Gasteiger partial charge is 0.309 e. The number of esters is 1. The van der Waals surface area contributed by atoms with E-state index in [4.69, 9.17) is 9.47 Å². The molecule has 0 fully saturated rings. The number of carbonyl (C=O) groups is 3. The third kappa shape index (κ3) is 14.2. The van der Waals surface area contributed by atoms with Crippen molar-refractivity contribution in [1.29, 1.82) is 0 Å². The molecule has 4 rings (SSSR count). The Morgan fingerprint density at radius 1 is 0.736 bits per heavy atom. The van der Waals surface area contributed by atoms with Gasteiger partial charge in [-0.2, -0.15) is 0 Å². The van der Waals surface area contributed by atoms with Crippen molar-refractivity contribution in [2.45, 2.75) is 63.7 Å². The predicted octanol–water partition coefficient (Wildman–Crippen LogP) is 7.48. The molecule has 4 atom stereocenters. The first-order valence-electron chi connectivity index (χ1n) is 18.3. The minimum absolute atomic E-state index is 0.0406. The van der Waals surface area contributed by atoms with E-state index in [0.717, 1.165) is 40.8 Å². The molecule has 0 aliphatic rings. The highest BCUT2D eigenvalue weighted by Gasteiger charge is 2.27. The van der Waals surface area contributed by atoms with Crippen LogP contribution in [0.4, 0.5) is 0 Å². The fourth-order valence-electron chi connectivity index (χ4n) is 6.08. The number of benzene rings is 4. The highest BCUT2D eigenvalue weighted by Crippen LogP contribution is 2.24. The van der Waals surface area contributed by atoms with E-state index in [9.17, 15) is 19.5 Å². The average Bonchev–Trinajstić information content (AvgIpc) is 3.19. The van der Waals surface area contributed by atoms with Crippen LogP contribution >= 0.6 is 0 Å². The third-order valence-electron chi connectivity index (χ3n) is 9.00. The first kappa shape index (κ1) is 40.3. The lowest BCUT2D eigenvalue weighted by molar-refractivity contribution is -0.155. The summed E-state index contributed by atoms with van der Waals surface area (Å²) in [6.07, 6.45) is 6.10. The molecule has 0 aliphatic carbocycles. The van der Waals surface area contributed by atoms with Crippen molar-refractivity contribution in [3.05, 3.63) is 163 Å². The molecule has 0 aliphatic heterocycles. The van der Waals surface area contributed by atoms with Gasteiger partial charge in [-0.05, 0) is 72.9 Å². The van der Waals surface area contributed by atoms with E-state index >= 15 is 0 Å². The molecule has 8 heteroatoms. The number of allylic oxidation sites excluding steroid dienone is 2. The van der Waals surface area contributed by atoms with Crippen LogP contribution in [-0.4, -0.2) is 42.1 Å². The molecule has 3 N–H and O–H groups in total. The van der Waals surface area contributed by atoms with Crippen molar-refractivity contribution in [3.8, 4) is 5.75 Å². The first-order chi connectivity index (χ1) is 25.9. The fraction of sp³-hybridized carbons (Fsp3) is 0.311. The number of hydrogen-bond donors (Lipinski definition) is 3. The molecule has 4 aromatic carbocycles. The molecular weight excluding hydrogens is 665 g/mol. The Balaban J connectivity index is 1.33. The lowest BCUT2D eigenvalue weighted by Gasteiger charge is -2.24. The summed E-state index contributed by atoms with van der Waals surface area (Å²) in [6, 6.07) is 36.1. The zero-order valence-corrected chi connectivity index (χ0v) is 30.4. The maximum Gasteiger partial charge on any atom is 0.309 e. The maximum absolute atomic E-state index is 13.7. The summed E-state index contributed by atoms with van der Waals surface area (Å²) >= 11 is 0. The molecule has 8 nitrogen and oxygen atoms in total. The normalized spacial score (nSPS) is 13.1. The topological polar surface area (TPSA) is 114 Å². The summed E-state index contributed by atoms with van der Waals surface area (Å²) in [6.45, 7) is 7.83. The Morgan fingerprint density at radius 3 is 1.98 bits per heavy atom. The van der Waals surface area contributed by atoms with Crippen LogP contribution in [0.25, 0.3) is 0 Å². The van der Waals surface area contributed by atoms with Crippen LogP contribution in [0.15, 0.2) is 141 Å². The molecule has 2 amide bonds. The van der Waals surface area contributed by atoms with Crippen molar-refractivity contribution in [1.82, 2.24) is 10.6 Å². The van der Waals surface area contributed by atoms with E-state index in [1.54, 1.807) is 6.08 Å². The minimum atomic E-state index is -0.725. The molecule has 0 radical (unpaired) electrons. The van der Waals surface area contributed by atoms with Crippen LogP contribution in [0.5, 0.6) is 5.75 Å². The number of carbonyl (C=O) groups excluding carboxylic acids is 3. The van der Waals surface area contributed by atoms with E-state index in [1.807, 2.05) is 121 Å². The standard InChI is InChI=1S/C45H52N2O6/c1-3-5-9-23-39(28-34-17-10-6-11-18-34)45(51)53-42(37-21-14-8-15-22-37)31-46-44(50)38(16-4-2)30-43(49)47-40(32-48)29-35-24-26-41(27-25-35)52-33-36-19-12-7-13-20-36/h3-4,6-8,10-15,17-22,24-27,38-40,42,48H,1-2,5,9,16,23,28-33H2,(H,46,50)(H,47,49)/t38-,39-,40+,42+/m1/s1. The van der Waals surface area contributed by atoms with Crippen LogP contribution in [0.1, 0.15) is 60.5 Å². The molecule has 0 saturated carbocycles. The lowest BCUT2D eigenvalue weighted by Crippen LogP contribution is -2.42. The van der Waals surface area contributed by atoms with Gasteiger partial charge in [0.15, 0.2) is 0 Å². The molecule has 0 bridgehead atoms. The summed E-state index contributed by atoms with van der Waals surface area (Å²) in [4.78, 5) is 40.3. The van der Waals surface area contributed by atoms with Crippen LogP contribution in [0, 0.1) is 11.8 Å². The van der Waals surface area contributed by atoms with Gasteiger partial charge in [-0.1, -0.05) is 115 Å². The van der Waals surface area contributed by atoms with E-state index in [-0.39, 0.29) is 49.7 Å². The number of aliphatic hydroxyl groups excluding tert-OH is 1. The molecule has 0 spiro atoms. The molecule has 0 saturated heterocycles. The molecular formula is C45H52N2O6. The number of nitrogens with one attached hydrogen (secondary N) is 2.